The van der Waals surface area contributed by atoms with Gasteiger partial charge in [0.25, 0.3) is 6.43 Å². The second-order valence-corrected chi connectivity index (χ2v) is 3.45. The molecule has 76 valence electrons. The smallest absolute Gasteiger partial charge is 0.240 e. The molecule has 15 heavy (non-hydrogen) atoms. The summed E-state index contributed by atoms with van der Waals surface area (Å²) in [5, 5.41) is 17.0. The van der Waals surface area contributed by atoms with Crippen LogP contribution in [-0.4, -0.2) is 4.98 Å². The van der Waals surface area contributed by atoms with Gasteiger partial charge in [0.15, 0.2) is 0 Å². The van der Waals surface area contributed by atoms with Gasteiger partial charge >= 0.3 is 0 Å². The Labute approximate surface area is 93.1 Å². The largest absolute Gasteiger partial charge is 0.266 e. The summed E-state index contributed by atoms with van der Waals surface area (Å²) in [4.78, 5) is 3.67. The fourth-order valence-corrected chi connectivity index (χ4v) is 1.69. The van der Waals surface area contributed by atoms with E-state index in [2.05, 4.69) is 20.9 Å². The van der Waals surface area contributed by atoms with Gasteiger partial charge in [-0.2, -0.15) is 10.5 Å². The molecular weight excluding hydrogens is 268 g/mol. The topological polar surface area (TPSA) is 60.5 Å². The van der Waals surface area contributed by atoms with Gasteiger partial charge in [-0.15, -0.1) is 0 Å². The molecule has 3 nitrogen and oxygen atoms in total. The van der Waals surface area contributed by atoms with Crippen LogP contribution >= 0.6 is 15.9 Å². The third-order valence-corrected chi connectivity index (χ3v) is 2.32. The number of nitriles is 2. The highest BCUT2D eigenvalue weighted by Crippen LogP contribution is 2.30. The number of hydrogen-bond acceptors (Lipinski definition) is 3. The Morgan fingerprint density at radius 3 is 2.60 bits per heavy atom. The zero-order valence-electron chi connectivity index (χ0n) is 7.34. The fraction of sp³-hybridized carbons (Fsp3) is 0.222. The second-order valence-electron chi connectivity index (χ2n) is 2.60. The molecular formula is C9H4BrF2N3. The summed E-state index contributed by atoms with van der Waals surface area (Å²) in [5.41, 5.74) is -0.370. The van der Waals surface area contributed by atoms with Crippen LogP contribution in [0.15, 0.2) is 10.5 Å². The average Bonchev–Trinajstić information content (AvgIpc) is 2.16. The summed E-state index contributed by atoms with van der Waals surface area (Å²) in [6.45, 7) is 0. The van der Waals surface area contributed by atoms with E-state index in [0.29, 0.717) is 0 Å². The maximum absolute atomic E-state index is 12.6. The lowest BCUT2D eigenvalue weighted by Gasteiger charge is -2.07. The molecule has 1 rings (SSSR count). The van der Waals surface area contributed by atoms with Crippen LogP contribution in [0.1, 0.15) is 23.4 Å². The first kappa shape index (κ1) is 11.5. The molecule has 0 aromatic carbocycles. The van der Waals surface area contributed by atoms with E-state index in [-0.39, 0.29) is 27.8 Å². The molecule has 1 aromatic rings. The van der Waals surface area contributed by atoms with E-state index >= 15 is 0 Å². The zero-order chi connectivity index (χ0) is 11.4. The van der Waals surface area contributed by atoms with Gasteiger partial charge in [-0.25, -0.2) is 13.8 Å². The minimum atomic E-state index is -2.72. The normalized spacial score (nSPS) is 9.73. The minimum Gasteiger partial charge on any atom is -0.240 e. The van der Waals surface area contributed by atoms with Gasteiger partial charge in [0, 0.05) is 4.47 Å². The number of alkyl halides is 2. The Balaban J connectivity index is 3.38. The molecule has 0 amide bonds. The number of aromatic nitrogens is 1. The molecule has 0 unspecified atom stereocenters. The maximum atomic E-state index is 12.6. The number of rotatable bonds is 2. The van der Waals surface area contributed by atoms with Gasteiger partial charge in [0.1, 0.15) is 11.8 Å². The molecule has 1 heterocycles. The first-order valence-corrected chi connectivity index (χ1v) is 4.64. The molecule has 0 spiro atoms. The van der Waals surface area contributed by atoms with Crippen molar-refractivity contribution in [2.75, 3.05) is 0 Å². The lowest BCUT2D eigenvalue weighted by Crippen LogP contribution is -2.01. The summed E-state index contributed by atoms with van der Waals surface area (Å²) in [5.74, 6) is 0. The first-order chi connectivity index (χ1) is 7.10. The Bertz CT molecular complexity index is 460. The van der Waals surface area contributed by atoms with Crippen molar-refractivity contribution in [2.24, 2.45) is 0 Å². The van der Waals surface area contributed by atoms with E-state index in [4.69, 9.17) is 10.5 Å². The van der Waals surface area contributed by atoms with Crippen LogP contribution in [0.4, 0.5) is 8.78 Å². The number of pyridine rings is 1. The van der Waals surface area contributed by atoms with Crippen LogP contribution < -0.4 is 0 Å². The molecule has 0 saturated heterocycles. The minimum absolute atomic E-state index is 0.0107. The van der Waals surface area contributed by atoms with Gasteiger partial charge in [-0.3, -0.25) is 0 Å². The third kappa shape index (κ3) is 2.48. The van der Waals surface area contributed by atoms with E-state index in [1.54, 1.807) is 12.1 Å². The van der Waals surface area contributed by atoms with Crippen molar-refractivity contribution in [1.82, 2.24) is 4.98 Å². The van der Waals surface area contributed by atoms with E-state index in [1.807, 2.05) is 0 Å². The fourth-order valence-electron chi connectivity index (χ4n) is 1.07. The summed E-state index contributed by atoms with van der Waals surface area (Å²) in [7, 11) is 0. The predicted molar refractivity (Wildman–Crippen MR) is 50.9 cm³/mol. The lowest BCUT2D eigenvalue weighted by atomic mass is 10.1. The lowest BCUT2D eigenvalue weighted by molar-refractivity contribution is 0.149. The molecule has 0 aliphatic heterocycles. The van der Waals surface area contributed by atoms with Crippen molar-refractivity contribution >= 4 is 15.9 Å². The zero-order valence-corrected chi connectivity index (χ0v) is 8.92. The molecule has 0 atom stereocenters. The Morgan fingerprint density at radius 2 is 2.13 bits per heavy atom. The Kier molecular flexibility index (Phi) is 3.70. The maximum Gasteiger partial charge on any atom is 0.266 e. The summed E-state index contributed by atoms with van der Waals surface area (Å²) in [6.07, 6.45) is -2.96. The number of halogens is 3. The summed E-state index contributed by atoms with van der Waals surface area (Å²) >= 11 is 2.93. The molecule has 0 aliphatic rings. The van der Waals surface area contributed by atoms with Gasteiger partial charge in [0.2, 0.25) is 0 Å². The average molecular weight is 272 g/mol. The van der Waals surface area contributed by atoms with Crippen LogP contribution in [0.3, 0.4) is 0 Å². The molecule has 0 aliphatic carbocycles. The standard InChI is InChI=1S/C9H4BrF2N3/c10-6-3-5(4-14)15-7(1-2-13)8(6)9(11)12/h3,9H,1H2. The van der Waals surface area contributed by atoms with Crippen molar-refractivity contribution in [2.45, 2.75) is 12.8 Å². The molecule has 0 radical (unpaired) electrons. The van der Waals surface area contributed by atoms with Gasteiger partial charge in [0.05, 0.1) is 23.7 Å². The van der Waals surface area contributed by atoms with Crippen LogP contribution in [-0.2, 0) is 6.42 Å². The highest BCUT2D eigenvalue weighted by atomic mass is 79.9. The highest BCUT2D eigenvalue weighted by molar-refractivity contribution is 9.10. The van der Waals surface area contributed by atoms with Crippen molar-refractivity contribution in [3.8, 4) is 12.1 Å². The molecule has 0 saturated carbocycles. The van der Waals surface area contributed by atoms with Crippen LogP contribution in [0.2, 0.25) is 0 Å². The molecule has 1 aromatic heterocycles. The van der Waals surface area contributed by atoms with E-state index in [9.17, 15) is 8.78 Å². The van der Waals surface area contributed by atoms with Crippen LogP contribution in [0.25, 0.3) is 0 Å². The number of nitrogens with zero attached hydrogens (tertiary/aromatic N) is 3. The number of hydrogen-bond donors (Lipinski definition) is 0. The molecule has 0 N–H and O–H groups in total. The quantitative estimate of drug-likeness (QED) is 0.831. The molecule has 0 bridgehead atoms. The summed E-state index contributed by atoms with van der Waals surface area (Å²) in [6, 6.07) is 4.68. The van der Waals surface area contributed by atoms with Crippen LogP contribution in [0.5, 0.6) is 0 Å². The Hall–Kier alpha value is -1.53. The Morgan fingerprint density at radius 1 is 1.47 bits per heavy atom. The van der Waals surface area contributed by atoms with Gasteiger partial charge in [-0.05, 0) is 6.07 Å². The van der Waals surface area contributed by atoms with Crippen molar-refractivity contribution in [1.29, 1.82) is 10.5 Å². The SMILES string of the molecule is N#CCc1nc(C#N)cc(Br)c1C(F)F. The van der Waals surface area contributed by atoms with Crippen molar-refractivity contribution < 1.29 is 8.78 Å². The molecule has 0 fully saturated rings. The molecule has 6 heteroatoms. The van der Waals surface area contributed by atoms with E-state index in [1.165, 1.54) is 6.07 Å². The van der Waals surface area contributed by atoms with Crippen molar-refractivity contribution in [3.05, 3.63) is 27.5 Å². The second kappa shape index (κ2) is 4.81. The summed E-state index contributed by atoms with van der Waals surface area (Å²) < 4.78 is 25.3. The van der Waals surface area contributed by atoms with Gasteiger partial charge < -0.3 is 0 Å². The van der Waals surface area contributed by atoms with E-state index < -0.39 is 6.43 Å². The van der Waals surface area contributed by atoms with Crippen molar-refractivity contribution in [3.63, 3.8) is 0 Å². The first-order valence-electron chi connectivity index (χ1n) is 3.84. The van der Waals surface area contributed by atoms with Crippen LogP contribution in [0, 0.1) is 22.7 Å². The van der Waals surface area contributed by atoms with E-state index in [0.717, 1.165) is 0 Å². The van der Waals surface area contributed by atoms with Gasteiger partial charge in [-0.1, -0.05) is 15.9 Å². The third-order valence-electron chi connectivity index (χ3n) is 1.67. The monoisotopic (exact) mass is 271 g/mol. The highest BCUT2D eigenvalue weighted by Gasteiger charge is 2.19. The predicted octanol–water partition coefficient (Wildman–Crippen LogP) is 2.72.